The van der Waals surface area contributed by atoms with Crippen LogP contribution < -0.4 is 10.6 Å². The van der Waals surface area contributed by atoms with Crippen molar-refractivity contribution in [3.05, 3.63) is 33.8 Å². The van der Waals surface area contributed by atoms with Crippen molar-refractivity contribution in [3.63, 3.8) is 0 Å². The zero-order chi connectivity index (χ0) is 17.7. The van der Waals surface area contributed by atoms with Crippen LogP contribution in [0.25, 0.3) is 0 Å². The monoisotopic (exact) mass is 392 g/mol. The maximum Gasteiger partial charge on any atom is 0.229 e. The molecule has 1 atom stereocenters. The molecule has 1 saturated heterocycles. The van der Waals surface area contributed by atoms with Crippen LogP contribution in [0.4, 0.5) is 0 Å². The third-order valence-electron chi connectivity index (χ3n) is 3.65. The van der Waals surface area contributed by atoms with E-state index in [1.807, 2.05) is 0 Å². The largest absolute Gasteiger partial charge is 0.355 e. The van der Waals surface area contributed by atoms with Gasteiger partial charge in [-0.2, -0.15) is 0 Å². The smallest absolute Gasteiger partial charge is 0.229 e. The Hall–Kier alpha value is -1.31. The van der Waals surface area contributed by atoms with Crippen LogP contribution in [-0.2, 0) is 25.8 Å². The molecule has 1 heterocycles. The molecule has 1 fully saturated rings. The average Bonchev–Trinajstić information content (AvgIpc) is 2.80. The van der Waals surface area contributed by atoms with Crippen molar-refractivity contribution in [1.82, 2.24) is 10.6 Å². The molecule has 6 nitrogen and oxygen atoms in total. The molecule has 1 aromatic carbocycles. The molecule has 9 heteroatoms. The van der Waals surface area contributed by atoms with E-state index in [2.05, 4.69) is 10.6 Å². The van der Waals surface area contributed by atoms with Gasteiger partial charge in [-0.25, -0.2) is 8.42 Å². The molecular formula is C15H18Cl2N2O4S. The van der Waals surface area contributed by atoms with E-state index in [4.69, 9.17) is 23.2 Å². The number of hydrogen-bond acceptors (Lipinski definition) is 4. The lowest BCUT2D eigenvalue weighted by Crippen LogP contribution is -2.39. The van der Waals surface area contributed by atoms with E-state index in [1.54, 1.807) is 18.2 Å². The zero-order valence-electron chi connectivity index (χ0n) is 12.8. The fraction of sp³-hybridized carbons (Fsp3) is 0.467. The molecule has 0 radical (unpaired) electrons. The SMILES string of the molecule is O=C(CC(=O)NC1CCS(=O)(=O)C1)NCCc1ccc(Cl)cc1Cl. The Kier molecular flexibility index (Phi) is 6.48. The standard InChI is InChI=1S/C15H18Cl2N2O4S/c16-11-2-1-10(13(17)7-11)3-5-18-14(20)8-15(21)19-12-4-6-24(22,23)9-12/h1-2,7,12H,3-6,8-9H2,(H,18,20)(H,19,21). The van der Waals surface area contributed by atoms with Crippen molar-refractivity contribution >= 4 is 44.9 Å². The fourth-order valence-electron chi connectivity index (χ4n) is 2.46. The van der Waals surface area contributed by atoms with Gasteiger partial charge in [0.2, 0.25) is 11.8 Å². The normalized spacial score (nSPS) is 19.0. The first-order valence-electron chi connectivity index (χ1n) is 7.45. The molecule has 2 rings (SSSR count). The summed E-state index contributed by atoms with van der Waals surface area (Å²) < 4.78 is 22.6. The number of carbonyl (C=O) groups excluding carboxylic acids is 2. The molecule has 0 saturated carbocycles. The summed E-state index contributed by atoms with van der Waals surface area (Å²) in [7, 11) is -3.06. The lowest BCUT2D eigenvalue weighted by molar-refractivity contribution is -0.129. The first-order valence-corrected chi connectivity index (χ1v) is 10.0. The minimum atomic E-state index is -3.06. The third kappa shape index (κ3) is 5.96. The lowest BCUT2D eigenvalue weighted by atomic mass is 10.1. The number of rotatable bonds is 6. The molecule has 132 valence electrons. The number of carbonyl (C=O) groups is 2. The van der Waals surface area contributed by atoms with Gasteiger partial charge in [-0.05, 0) is 30.5 Å². The number of nitrogens with one attached hydrogen (secondary N) is 2. The van der Waals surface area contributed by atoms with Crippen molar-refractivity contribution in [2.24, 2.45) is 0 Å². The van der Waals surface area contributed by atoms with Crippen molar-refractivity contribution in [3.8, 4) is 0 Å². The van der Waals surface area contributed by atoms with Crippen LogP contribution in [0.2, 0.25) is 10.0 Å². The van der Waals surface area contributed by atoms with E-state index in [9.17, 15) is 18.0 Å². The second-order valence-corrected chi connectivity index (χ2v) is 8.75. The minimum Gasteiger partial charge on any atom is -0.355 e. The molecule has 24 heavy (non-hydrogen) atoms. The summed E-state index contributed by atoms with van der Waals surface area (Å²) in [5.41, 5.74) is 0.849. The van der Waals surface area contributed by atoms with E-state index in [-0.39, 0.29) is 17.9 Å². The van der Waals surface area contributed by atoms with E-state index < -0.39 is 27.7 Å². The van der Waals surface area contributed by atoms with Crippen molar-refractivity contribution < 1.29 is 18.0 Å². The van der Waals surface area contributed by atoms with Gasteiger partial charge in [-0.3, -0.25) is 9.59 Å². The molecule has 0 bridgehead atoms. The molecule has 2 N–H and O–H groups in total. The minimum absolute atomic E-state index is 0.0601. The zero-order valence-corrected chi connectivity index (χ0v) is 15.2. The van der Waals surface area contributed by atoms with E-state index in [0.717, 1.165) is 5.56 Å². The van der Waals surface area contributed by atoms with Gasteiger partial charge >= 0.3 is 0 Å². The highest BCUT2D eigenvalue weighted by molar-refractivity contribution is 7.91. The fourth-order valence-corrected chi connectivity index (χ4v) is 4.63. The number of amides is 2. The van der Waals surface area contributed by atoms with Gasteiger partial charge in [-0.15, -0.1) is 0 Å². The Morgan fingerprint density at radius 1 is 1.21 bits per heavy atom. The van der Waals surface area contributed by atoms with E-state index >= 15 is 0 Å². The van der Waals surface area contributed by atoms with Crippen LogP contribution in [0.1, 0.15) is 18.4 Å². The summed E-state index contributed by atoms with van der Waals surface area (Å²) in [5.74, 6) is -0.876. The van der Waals surface area contributed by atoms with E-state index in [0.29, 0.717) is 29.4 Å². The van der Waals surface area contributed by atoms with Gasteiger partial charge in [0, 0.05) is 22.6 Å². The topological polar surface area (TPSA) is 92.3 Å². The number of hydrogen-bond donors (Lipinski definition) is 2. The second-order valence-electron chi connectivity index (χ2n) is 5.68. The average molecular weight is 393 g/mol. The quantitative estimate of drug-likeness (QED) is 0.714. The van der Waals surface area contributed by atoms with Crippen molar-refractivity contribution in [2.75, 3.05) is 18.1 Å². The number of benzene rings is 1. The summed E-state index contributed by atoms with van der Waals surface area (Å²) in [6.45, 7) is 0.339. The molecule has 0 spiro atoms. The first-order chi connectivity index (χ1) is 11.2. The number of sulfone groups is 1. The summed E-state index contributed by atoms with van der Waals surface area (Å²) >= 11 is 11.8. The van der Waals surface area contributed by atoms with Crippen LogP contribution in [0.3, 0.4) is 0 Å². The second kappa shape index (κ2) is 8.18. The maximum absolute atomic E-state index is 11.7. The Morgan fingerprint density at radius 3 is 2.58 bits per heavy atom. The van der Waals surface area contributed by atoms with Crippen LogP contribution in [0.15, 0.2) is 18.2 Å². The van der Waals surface area contributed by atoms with Crippen LogP contribution in [-0.4, -0.2) is 44.3 Å². The highest BCUT2D eigenvalue weighted by Gasteiger charge is 2.29. The Balaban J connectivity index is 1.70. The van der Waals surface area contributed by atoms with Gasteiger partial charge in [0.25, 0.3) is 0 Å². The highest BCUT2D eigenvalue weighted by atomic mass is 35.5. The molecule has 0 aliphatic carbocycles. The van der Waals surface area contributed by atoms with E-state index in [1.165, 1.54) is 0 Å². The van der Waals surface area contributed by atoms with Gasteiger partial charge in [-0.1, -0.05) is 29.3 Å². The van der Waals surface area contributed by atoms with Gasteiger partial charge in [0.05, 0.1) is 11.5 Å². The van der Waals surface area contributed by atoms with Gasteiger partial charge < -0.3 is 10.6 Å². The Bertz CT molecular complexity index is 737. The first kappa shape index (κ1) is 19.0. The molecular weight excluding hydrogens is 375 g/mol. The van der Waals surface area contributed by atoms with Crippen LogP contribution >= 0.6 is 23.2 Å². The van der Waals surface area contributed by atoms with Crippen molar-refractivity contribution in [1.29, 1.82) is 0 Å². The third-order valence-corrected chi connectivity index (χ3v) is 6.01. The Labute approximate surface area is 150 Å². The molecule has 1 unspecified atom stereocenters. The molecule has 2 amide bonds. The molecule has 1 aliphatic heterocycles. The van der Waals surface area contributed by atoms with Gasteiger partial charge in [0.1, 0.15) is 6.42 Å². The van der Waals surface area contributed by atoms with Crippen LogP contribution in [0.5, 0.6) is 0 Å². The lowest BCUT2D eigenvalue weighted by Gasteiger charge is -2.11. The summed E-state index contributed by atoms with van der Waals surface area (Å²) in [4.78, 5) is 23.5. The van der Waals surface area contributed by atoms with Crippen molar-refractivity contribution in [2.45, 2.75) is 25.3 Å². The molecule has 1 aromatic rings. The molecule has 1 aliphatic rings. The molecule has 0 aromatic heterocycles. The predicted octanol–water partition coefficient (Wildman–Crippen LogP) is 1.35. The summed E-state index contributed by atoms with van der Waals surface area (Å²) in [5, 5.41) is 6.27. The summed E-state index contributed by atoms with van der Waals surface area (Å²) in [6, 6.07) is 4.73. The number of halogens is 2. The maximum atomic E-state index is 11.7. The van der Waals surface area contributed by atoms with Gasteiger partial charge in [0.15, 0.2) is 9.84 Å². The Morgan fingerprint density at radius 2 is 1.96 bits per heavy atom. The predicted molar refractivity (Wildman–Crippen MR) is 93.0 cm³/mol. The van der Waals surface area contributed by atoms with Crippen LogP contribution in [0, 0.1) is 0 Å². The summed E-state index contributed by atoms with van der Waals surface area (Å²) in [6.07, 6.45) is 0.583. The highest BCUT2D eigenvalue weighted by Crippen LogP contribution is 2.21.